The van der Waals surface area contributed by atoms with E-state index in [1.807, 2.05) is 0 Å². The maximum Gasteiger partial charge on any atom is 0.236 e. The summed E-state index contributed by atoms with van der Waals surface area (Å²) in [7, 11) is 0. The van der Waals surface area contributed by atoms with Crippen molar-refractivity contribution in [2.24, 2.45) is 0 Å². The lowest BCUT2D eigenvalue weighted by atomic mass is 9.82. The zero-order valence-electron chi connectivity index (χ0n) is 17.3. The van der Waals surface area contributed by atoms with Gasteiger partial charge in [-0.15, -0.1) is 0 Å². The normalized spacial score (nSPS) is 30.4. The Morgan fingerprint density at radius 3 is 2.90 bits per heavy atom. The summed E-state index contributed by atoms with van der Waals surface area (Å²) in [5, 5.41) is 3.05. The van der Waals surface area contributed by atoms with Gasteiger partial charge in [0.05, 0.1) is 25.3 Å². The molecule has 30 heavy (non-hydrogen) atoms. The quantitative estimate of drug-likeness (QED) is 0.812. The first-order valence-corrected chi connectivity index (χ1v) is 10.7. The fraction of sp³-hybridized carbons (Fsp3) is 0.636. The van der Waals surface area contributed by atoms with E-state index in [2.05, 4.69) is 17.1 Å². The first-order chi connectivity index (χ1) is 14.4. The second-order valence-electron chi connectivity index (χ2n) is 8.82. The van der Waals surface area contributed by atoms with Crippen LogP contribution >= 0.6 is 0 Å². The monoisotopic (exact) mass is 421 g/mol. The molecular formula is C22H29F2N3O3. The van der Waals surface area contributed by atoms with Gasteiger partial charge in [0.25, 0.3) is 0 Å². The van der Waals surface area contributed by atoms with E-state index in [-0.39, 0.29) is 30.8 Å². The zero-order valence-corrected chi connectivity index (χ0v) is 17.3. The molecule has 1 N–H and O–H groups in total. The molecule has 0 bridgehead atoms. The lowest BCUT2D eigenvalue weighted by molar-refractivity contribution is -0.133. The number of benzene rings is 1. The summed E-state index contributed by atoms with van der Waals surface area (Å²) >= 11 is 0. The summed E-state index contributed by atoms with van der Waals surface area (Å²) in [6.45, 7) is 4.53. The van der Waals surface area contributed by atoms with Gasteiger partial charge in [-0.3, -0.25) is 14.5 Å². The molecule has 1 spiro atoms. The molecule has 0 unspecified atom stereocenters. The Labute approximate surface area is 175 Å². The fourth-order valence-electron chi connectivity index (χ4n) is 4.99. The van der Waals surface area contributed by atoms with Crippen molar-refractivity contribution in [3.05, 3.63) is 35.4 Å². The Hall–Kier alpha value is -2.06. The molecule has 3 heterocycles. The molecule has 3 aliphatic rings. The average molecular weight is 421 g/mol. The van der Waals surface area contributed by atoms with Crippen LogP contribution in [0.25, 0.3) is 0 Å². The third kappa shape index (κ3) is 4.21. The average Bonchev–Trinajstić information content (AvgIpc) is 2.97. The highest BCUT2D eigenvalue weighted by Gasteiger charge is 2.51. The van der Waals surface area contributed by atoms with E-state index < -0.39 is 17.2 Å². The second kappa shape index (κ2) is 8.59. The van der Waals surface area contributed by atoms with Gasteiger partial charge in [0, 0.05) is 31.5 Å². The lowest BCUT2D eigenvalue weighted by Crippen LogP contribution is -2.56. The SMILES string of the molecule is C[C@@H]1CCCCN1CC(=O)N1C[C@@H](c2ccc(F)c(F)c2)[C@@]2(COCCC(=O)N2)C1. The van der Waals surface area contributed by atoms with E-state index >= 15 is 0 Å². The summed E-state index contributed by atoms with van der Waals surface area (Å²) in [6.07, 6.45) is 3.59. The zero-order chi connectivity index (χ0) is 21.3. The van der Waals surface area contributed by atoms with Gasteiger partial charge < -0.3 is 15.0 Å². The largest absolute Gasteiger partial charge is 0.378 e. The first-order valence-electron chi connectivity index (χ1n) is 10.7. The second-order valence-corrected chi connectivity index (χ2v) is 8.82. The van der Waals surface area contributed by atoms with Gasteiger partial charge in [-0.05, 0) is 44.0 Å². The Morgan fingerprint density at radius 1 is 1.30 bits per heavy atom. The topological polar surface area (TPSA) is 61.9 Å². The van der Waals surface area contributed by atoms with Crippen molar-refractivity contribution in [3.8, 4) is 0 Å². The van der Waals surface area contributed by atoms with Gasteiger partial charge in [-0.1, -0.05) is 12.5 Å². The van der Waals surface area contributed by atoms with Crippen LogP contribution in [-0.4, -0.2) is 72.6 Å². The number of hydrogen-bond donors (Lipinski definition) is 1. The molecule has 8 heteroatoms. The number of hydrogen-bond acceptors (Lipinski definition) is 4. The van der Waals surface area contributed by atoms with Crippen LogP contribution in [0.2, 0.25) is 0 Å². The Morgan fingerprint density at radius 2 is 2.13 bits per heavy atom. The molecule has 164 valence electrons. The van der Waals surface area contributed by atoms with Crippen LogP contribution in [0.1, 0.15) is 44.1 Å². The Bertz CT molecular complexity index is 821. The minimum atomic E-state index is -0.935. The van der Waals surface area contributed by atoms with E-state index in [4.69, 9.17) is 4.74 Å². The van der Waals surface area contributed by atoms with Gasteiger partial charge in [0.1, 0.15) is 0 Å². The highest BCUT2D eigenvalue weighted by Crippen LogP contribution is 2.38. The summed E-state index contributed by atoms with van der Waals surface area (Å²) in [5.74, 6) is -2.39. The molecule has 1 aromatic carbocycles. The Balaban J connectivity index is 1.59. The van der Waals surface area contributed by atoms with E-state index in [9.17, 15) is 18.4 Å². The molecule has 3 saturated heterocycles. The van der Waals surface area contributed by atoms with Crippen LogP contribution < -0.4 is 5.32 Å². The molecule has 4 rings (SSSR count). The van der Waals surface area contributed by atoms with Crippen molar-refractivity contribution in [3.63, 3.8) is 0 Å². The molecule has 3 atom stereocenters. The lowest BCUT2D eigenvalue weighted by Gasteiger charge is -2.35. The number of likely N-dealkylation sites (tertiary alicyclic amines) is 2. The standard InChI is InChI=1S/C22H29F2N3O3/c1-15-4-2-3-8-26(15)12-21(29)27-11-17(16-5-6-18(23)19(24)10-16)22(13-27)14-30-9-7-20(28)25-22/h5-6,10,15,17H,2-4,7-9,11-14H2,1H3,(H,25,28)/t15-,17+,22+/m1/s1. The van der Waals surface area contributed by atoms with E-state index in [1.165, 1.54) is 18.6 Å². The number of halogens is 2. The Kier molecular flexibility index (Phi) is 6.06. The summed E-state index contributed by atoms with van der Waals surface area (Å²) in [6, 6.07) is 4.15. The smallest absolute Gasteiger partial charge is 0.236 e. The number of nitrogens with one attached hydrogen (secondary N) is 1. The first kappa shape index (κ1) is 21.2. The minimum Gasteiger partial charge on any atom is -0.378 e. The third-order valence-corrected chi connectivity index (χ3v) is 6.74. The maximum absolute atomic E-state index is 14.0. The predicted molar refractivity (Wildman–Crippen MR) is 107 cm³/mol. The number of carbonyl (C=O) groups excluding carboxylic acids is 2. The molecule has 3 aliphatic heterocycles. The predicted octanol–water partition coefficient (Wildman–Crippen LogP) is 2.04. The molecule has 0 aromatic heterocycles. The van der Waals surface area contributed by atoms with Crippen LogP contribution in [0.4, 0.5) is 8.78 Å². The number of carbonyl (C=O) groups is 2. The molecular weight excluding hydrogens is 392 g/mol. The molecule has 3 fully saturated rings. The van der Waals surface area contributed by atoms with Gasteiger partial charge in [-0.2, -0.15) is 0 Å². The van der Waals surface area contributed by atoms with Gasteiger partial charge in [-0.25, -0.2) is 8.78 Å². The van der Waals surface area contributed by atoms with Gasteiger partial charge >= 0.3 is 0 Å². The van der Waals surface area contributed by atoms with Crippen LogP contribution in [0.15, 0.2) is 18.2 Å². The van der Waals surface area contributed by atoms with Crippen LogP contribution in [0.3, 0.4) is 0 Å². The van der Waals surface area contributed by atoms with Gasteiger partial charge in [0.15, 0.2) is 11.6 Å². The fourth-order valence-corrected chi connectivity index (χ4v) is 4.99. The van der Waals surface area contributed by atoms with Crippen molar-refractivity contribution >= 4 is 11.8 Å². The van der Waals surface area contributed by atoms with E-state index in [0.29, 0.717) is 37.8 Å². The maximum atomic E-state index is 14.0. The minimum absolute atomic E-state index is 0.00768. The van der Waals surface area contributed by atoms with Crippen LogP contribution in [-0.2, 0) is 14.3 Å². The van der Waals surface area contributed by atoms with E-state index in [0.717, 1.165) is 25.5 Å². The van der Waals surface area contributed by atoms with Crippen LogP contribution in [0.5, 0.6) is 0 Å². The molecule has 0 aliphatic carbocycles. The summed E-state index contributed by atoms with van der Waals surface area (Å²) in [4.78, 5) is 29.4. The number of nitrogens with zero attached hydrogens (tertiary/aromatic N) is 2. The summed E-state index contributed by atoms with van der Waals surface area (Å²) in [5.41, 5.74) is -0.289. The van der Waals surface area contributed by atoms with Crippen molar-refractivity contribution in [2.45, 2.75) is 50.1 Å². The van der Waals surface area contributed by atoms with E-state index in [1.54, 1.807) is 4.90 Å². The third-order valence-electron chi connectivity index (χ3n) is 6.74. The highest BCUT2D eigenvalue weighted by molar-refractivity contribution is 5.81. The molecule has 1 aromatic rings. The number of piperidine rings is 1. The van der Waals surface area contributed by atoms with Gasteiger partial charge in [0.2, 0.25) is 11.8 Å². The van der Waals surface area contributed by atoms with Crippen LogP contribution in [0, 0.1) is 11.6 Å². The van der Waals surface area contributed by atoms with Crippen molar-refractivity contribution in [1.82, 2.24) is 15.1 Å². The summed E-state index contributed by atoms with van der Waals surface area (Å²) < 4.78 is 33.2. The molecule has 0 saturated carbocycles. The number of amides is 2. The van der Waals surface area contributed by atoms with Crippen molar-refractivity contribution in [1.29, 1.82) is 0 Å². The van der Waals surface area contributed by atoms with Crippen molar-refractivity contribution < 1.29 is 23.1 Å². The van der Waals surface area contributed by atoms with Crippen molar-refractivity contribution in [2.75, 3.05) is 39.4 Å². The number of rotatable bonds is 3. The molecule has 2 amide bonds. The molecule has 0 radical (unpaired) electrons. The highest BCUT2D eigenvalue weighted by atomic mass is 19.2. The number of ether oxygens (including phenoxy) is 1. The molecule has 6 nitrogen and oxygen atoms in total.